The van der Waals surface area contributed by atoms with Crippen LogP contribution in [0.5, 0.6) is 0 Å². The topological polar surface area (TPSA) is 98.0 Å². The minimum absolute atomic E-state index is 0.0926. The molecule has 1 saturated carbocycles. The van der Waals surface area contributed by atoms with E-state index in [0.717, 1.165) is 12.8 Å². The number of fused-ring (bicyclic) bond motifs is 1. The Labute approximate surface area is 172 Å². The maximum Gasteiger partial charge on any atom is 0.303 e. The summed E-state index contributed by atoms with van der Waals surface area (Å²) in [5.41, 5.74) is 2.60. The largest absolute Gasteiger partial charge is 0.481 e. The van der Waals surface area contributed by atoms with Crippen molar-refractivity contribution >= 4 is 5.97 Å². The molecule has 5 atom stereocenters. The van der Waals surface area contributed by atoms with Crippen LogP contribution < -0.4 is 0 Å². The number of unbranched alkanes of at least 4 members (excludes halogenated alkanes) is 1. The fraction of sp³-hybridized carbons (Fsp3) is 0.542. The van der Waals surface area contributed by atoms with Crippen molar-refractivity contribution in [3.8, 4) is 0 Å². The number of benzene rings is 1. The molecule has 4 N–H and O–H groups in total. The summed E-state index contributed by atoms with van der Waals surface area (Å²) in [5.74, 6) is -0.918. The maximum absolute atomic E-state index is 10.6. The van der Waals surface area contributed by atoms with Gasteiger partial charge in [0.2, 0.25) is 0 Å². The van der Waals surface area contributed by atoms with Crippen molar-refractivity contribution < 1.29 is 25.2 Å². The Morgan fingerprint density at radius 3 is 2.45 bits per heavy atom. The van der Waals surface area contributed by atoms with Gasteiger partial charge in [0.15, 0.2) is 0 Å². The van der Waals surface area contributed by atoms with E-state index in [4.69, 9.17) is 5.11 Å². The van der Waals surface area contributed by atoms with Crippen molar-refractivity contribution in [3.05, 3.63) is 59.7 Å². The van der Waals surface area contributed by atoms with Gasteiger partial charge in [0.25, 0.3) is 0 Å². The van der Waals surface area contributed by atoms with Gasteiger partial charge >= 0.3 is 5.97 Å². The van der Waals surface area contributed by atoms with Crippen molar-refractivity contribution in [1.29, 1.82) is 0 Å². The summed E-state index contributed by atoms with van der Waals surface area (Å²) in [6.07, 6.45) is 10.00. The van der Waals surface area contributed by atoms with Crippen LogP contribution in [0.1, 0.15) is 43.2 Å². The Morgan fingerprint density at radius 1 is 1.10 bits per heavy atom. The zero-order valence-electron chi connectivity index (χ0n) is 16.7. The quantitative estimate of drug-likeness (QED) is 0.377. The molecule has 2 aliphatic carbocycles. The normalized spacial score (nSPS) is 28.4. The summed E-state index contributed by atoms with van der Waals surface area (Å²) in [6, 6.07) is 8.28. The standard InChI is InChI=1S/C24H32O5/c25-21(18-13-16-7-5-6-8-17(16)14-18)12-11-20-19(22(26)15-23(20)27)9-3-1-2-4-10-24(28)29/h1,3,5-8,11-12,18-23,25-27H,2,4,9-10,13-15H2,(H,28,29)/b3-1-,12-11+/t19-,20?,21-,22+,23-/m1/s1. The number of hydrogen-bond donors (Lipinski definition) is 4. The van der Waals surface area contributed by atoms with Crippen molar-refractivity contribution in [3.63, 3.8) is 0 Å². The number of carboxylic acid groups (broad SMARTS) is 1. The van der Waals surface area contributed by atoms with Gasteiger partial charge in [0.1, 0.15) is 0 Å². The fourth-order valence-electron chi connectivity index (χ4n) is 4.68. The molecule has 0 spiro atoms. The van der Waals surface area contributed by atoms with Gasteiger partial charge in [-0.25, -0.2) is 0 Å². The summed E-state index contributed by atoms with van der Waals surface area (Å²) < 4.78 is 0. The first-order chi connectivity index (χ1) is 14.0. The number of rotatable bonds is 9. The number of aliphatic hydroxyl groups excluding tert-OH is 3. The average Bonchev–Trinajstić information content (AvgIpc) is 3.23. The highest BCUT2D eigenvalue weighted by molar-refractivity contribution is 5.66. The molecule has 0 aliphatic heterocycles. The molecular formula is C24H32O5. The Kier molecular flexibility index (Phi) is 7.64. The first-order valence-corrected chi connectivity index (χ1v) is 10.6. The first-order valence-electron chi connectivity index (χ1n) is 10.6. The maximum atomic E-state index is 10.6. The molecule has 158 valence electrons. The lowest BCUT2D eigenvalue weighted by molar-refractivity contribution is -0.137. The van der Waals surface area contributed by atoms with E-state index in [1.165, 1.54) is 11.1 Å². The van der Waals surface area contributed by atoms with E-state index in [9.17, 15) is 20.1 Å². The minimum Gasteiger partial charge on any atom is -0.481 e. The summed E-state index contributed by atoms with van der Waals surface area (Å²) in [7, 11) is 0. The van der Waals surface area contributed by atoms with Crippen LogP contribution >= 0.6 is 0 Å². The number of aliphatic hydroxyl groups is 3. The van der Waals surface area contributed by atoms with Crippen molar-refractivity contribution in [2.45, 2.75) is 63.3 Å². The molecule has 0 heterocycles. The third-order valence-electron chi connectivity index (χ3n) is 6.35. The monoisotopic (exact) mass is 400 g/mol. The summed E-state index contributed by atoms with van der Waals surface area (Å²) in [5, 5.41) is 40.0. The Balaban J connectivity index is 1.53. The molecule has 5 heteroatoms. The molecule has 1 unspecified atom stereocenters. The minimum atomic E-state index is -0.790. The number of allylic oxidation sites excluding steroid dienone is 2. The van der Waals surface area contributed by atoms with Crippen molar-refractivity contribution in [2.75, 3.05) is 0 Å². The average molecular weight is 401 g/mol. The zero-order valence-corrected chi connectivity index (χ0v) is 16.7. The first kappa shape index (κ1) is 21.8. The number of hydrogen-bond acceptors (Lipinski definition) is 4. The van der Waals surface area contributed by atoms with Gasteiger partial charge < -0.3 is 20.4 Å². The van der Waals surface area contributed by atoms with Gasteiger partial charge in [0.05, 0.1) is 18.3 Å². The molecule has 1 aromatic carbocycles. The molecule has 29 heavy (non-hydrogen) atoms. The highest BCUT2D eigenvalue weighted by atomic mass is 16.4. The second kappa shape index (κ2) is 10.2. The van der Waals surface area contributed by atoms with E-state index < -0.39 is 24.3 Å². The van der Waals surface area contributed by atoms with E-state index in [1.54, 1.807) is 6.08 Å². The number of carbonyl (C=O) groups is 1. The van der Waals surface area contributed by atoms with E-state index in [1.807, 2.05) is 30.4 Å². The van der Waals surface area contributed by atoms with E-state index in [0.29, 0.717) is 25.7 Å². The summed E-state index contributed by atoms with van der Waals surface area (Å²) in [6.45, 7) is 0. The summed E-state index contributed by atoms with van der Waals surface area (Å²) >= 11 is 0. The third kappa shape index (κ3) is 5.78. The molecule has 0 saturated heterocycles. The van der Waals surface area contributed by atoms with E-state index >= 15 is 0 Å². The highest BCUT2D eigenvalue weighted by Crippen LogP contribution is 2.37. The van der Waals surface area contributed by atoms with E-state index in [2.05, 4.69) is 12.1 Å². The van der Waals surface area contributed by atoms with Crippen LogP contribution in [-0.2, 0) is 17.6 Å². The molecular weight excluding hydrogens is 368 g/mol. The van der Waals surface area contributed by atoms with Gasteiger partial charge in [-0.15, -0.1) is 0 Å². The predicted molar refractivity (Wildman–Crippen MR) is 111 cm³/mol. The molecule has 2 aliphatic rings. The fourth-order valence-corrected chi connectivity index (χ4v) is 4.68. The van der Waals surface area contributed by atoms with Crippen molar-refractivity contribution in [2.24, 2.45) is 17.8 Å². The molecule has 0 radical (unpaired) electrons. The SMILES string of the molecule is O=C(O)CCC/C=C\C[C@@H]1C(/C=C/[C@@H](O)C2Cc3ccccc3C2)[C@H](O)C[C@@H]1O. The van der Waals surface area contributed by atoms with Crippen molar-refractivity contribution in [1.82, 2.24) is 0 Å². The number of carboxylic acids is 1. The van der Waals surface area contributed by atoms with Crippen LogP contribution in [0.3, 0.4) is 0 Å². The Morgan fingerprint density at radius 2 is 1.79 bits per heavy atom. The molecule has 1 aromatic rings. The van der Waals surface area contributed by atoms with Gasteiger partial charge in [-0.3, -0.25) is 4.79 Å². The van der Waals surface area contributed by atoms with Crippen LogP contribution in [0.4, 0.5) is 0 Å². The van der Waals surface area contributed by atoms with E-state index in [-0.39, 0.29) is 24.2 Å². The van der Waals surface area contributed by atoms with Gasteiger partial charge in [-0.05, 0) is 55.1 Å². The molecule has 0 bridgehead atoms. The molecule has 0 aromatic heterocycles. The van der Waals surface area contributed by atoms with Crippen LogP contribution in [0, 0.1) is 17.8 Å². The van der Waals surface area contributed by atoms with Gasteiger partial charge in [-0.1, -0.05) is 48.6 Å². The van der Waals surface area contributed by atoms with Gasteiger partial charge in [-0.2, -0.15) is 0 Å². The van der Waals surface area contributed by atoms with Gasteiger partial charge in [0, 0.05) is 18.8 Å². The molecule has 3 rings (SSSR count). The Hall–Kier alpha value is -1.95. The lowest BCUT2D eigenvalue weighted by atomic mass is 9.88. The molecule has 1 fully saturated rings. The highest BCUT2D eigenvalue weighted by Gasteiger charge is 2.39. The van der Waals surface area contributed by atoms with Crippen LogP contribution in [0.25, 0.3) is 0 Å². The number of aliphatic carboxylic acids is 1. The predicted octanol–water partition coefficient (Wildman–Crippen LogP) is 2.88. The lowest BCUT2D eigenvalue weighted by Crippen LogP contribution is -2.22. The molecule has 0 amide bonds. The second-order valence-corrected chi connectivity index (χ2v) is 8.42. The smallest absolute Gasteiger partial charge is 0.303 e. The molecule has 5 nitrogen and oxygen atoms in total. The van der Waals surface area contributed by atoms with Crippen LogP contribution in [-0.4, -0.2) is 44.7 Å². The second-order valence-electron chi connectivity index (χ2n) is 8.42. The van der Waals surface area contributed by atoms with Crippen LogP contribution in [0.2, 0.25) is 0 Å². The third-order valence-corrected chi connectivity index (χ3v) is 6.35. The summed E-state index contributed by atoms with van der Waals surface area (Å²) in [4.78, 5) is 10.5. The lowest BCUT2D eigenvalue weighted by Gasteiger charge is -2.20. The Bertz CT molecular complexity index is 716. The van der Waals surface area contributed by atoms with Crippen LogP contribution in [0.15, 0.2) is 48.6 Å². The zero-order chi connectivity index (χ0) is 20.8.